The summed E-state index contributed by atoms with van der Waals surface area (Å²) in [5.74, 6) is 5.75. The van der Waals surface area contributed by atoms with Crippen molar-refractivity contribution in [2.75, 3.05) is 18.2 Å². The minimum atomic E-state index is -0.963. The first-order valence-corrected chi connectivity index (χ1v) is 5.40. The Kier molecular flexibility index (Phi) is 2.32. The van der Waals surface area contributed by atoms with E-state index in [0.717, 1.165) is 4.68 Å². The molecule has 3 N–H and O–H groups in total. The molecule has 0 radical (unpaired) electrons. The van der Waals surface area contributed by atoms with Crippen LogP contribution in [0.3, 0.4) is 0 Å². The van der Waals surface area contributed by atoms with Gasteiger partial charge in [0.05, 0.1) is 5.41 Å². The number of nitrogen functional groups attached to an aromatic ring is 1. The Morgan fingerprint density at radius 2 is 2.06 bits per heavy atom. The third-order valence-corrected chi connectivity index (χ3v) is 4.00. The molecule has 0 aliphatic heterocycles. The van der Waals surface area contributed by atoms with E-state index in [2.05, 4.69) is 15.5 Å². The van der Waals surface area contributed by atoms with Gasteiger partial charge in [0.25, 0.3) is 5.56 Å². The molecule has 0 bridgehead atoms. The maximum atomic E-state index is 11.9. The summed E-state index contributed by atoms with van der Waals surface area (Å²) in [5, 5.41) is 10.3. The van der Waals surface area contributed by atoms with Crippen LogP contribution in [-0.2, 0) is 5.41 Å². The SMILES string of the molecule is CNc1nnc([C@]2(C)CC2(Cl)Cl)c(=O)n1N. The number of hydrogen-bond acceptors (Lipinski definition) is 5. The first kappa shape index (κ1) is 11.5. The summed E-state index contributed by atoms with van der Waals surface area (Å²) in [6, 6.07) is 0. The lowest BCUT2D eigenvalue weighted by molar-refractivity contribution is 0.665. The zero-order valence-corrected chi connectivity index (χ0v) is 10.3. The van der Waals surface area contributed by atoms with Crippen LogP contribution >= 0.6 is 23.2 Å². The Hall–Kier alpha value is -1.01. The number of halogens is 2. The van der Waals surface area contributed by atoms with Crippen molar-refractivity contribution in [3.05, 3.63) is 16.0 Å². The summed E-state index contributed by atoms with van der Waals surface area (Å²) in [4.78, 5) is 11.9. The molecule has 1 saturated carbocycles. The van der Waals surface area contributed by atoms with E-state index in [0.29, 0.717) is 6.42 Å². The number of nitrogens with one attached hydrogen (secondary N) is 1. The largest absolute Gasteiger partial charge is 0.356 e. The van der Waals surface area contributed by atoms with Crippen molar-refractivity contribution < 1.29 is 0 Å². The standard InChI is InChI=1S/C8H11Cl2N5O/c1-7(3-8(7,9)10)4-5(16)15(11)6(12-2)14-13-4/h3,11H2,1-2H3,(H,12,14)/t7-/m0/s1. The van der Waals surface area contributed by atoms with Crippen molar-refractivity contribution >= 4 is 29.2 Å². The smallest absolute Gasteiger partial charge is 0.296 e. The highest BCUT2D eigenvalue weighted by molar-refractivity contribution is 6.52. The first-order chi connectivity index (χ1) is 7.33. The molecule has 1 heterocycles. The van der Waals surface area contributed by atoms with Gasteiger partial charge in [-0.25, -0.2) is 0 Å². The first-order valence-electron chi connectivity index (χ1n) is 4.64. The molecule has 0 aromatic carbocycles. The van der Waals surface area contributed by atoms with Crippen LogP contribution in [0.4, 0.5) is 5.95 Å². The highest BCUT2D eigenvalue weighted by Crippen LogP contribution is 2.63. The number of alkyl halides is 2. The van der Waals surface area contributed by atoms with Gasteiger partial charge < -0.3 is 11.2 Å². The zero-order chi connectivity index (χ0) is 12.1. The predicted molar refractivity (Wildman–Crippen MR) is 62.4 cm³/mol. The van der Waals surface area contributed by atoms with Crippen LogP contribution in [0.15, 0.2) is 4.79 Å². The number of nitrogens with zero attached hydrogens (tertiary/aromatic N) is 3. The number of nitrogens with two attached hydrogens (primary N) is 1. The van der Waals surface area contributed by atoms with E-state index >= 15 is 0 Å². The van der Waals surface area contributed by atoms with Crippen LogP contribution in [0.1, 0.15) is 19.0 Å². The lowest BCUT2D eigenvalue weighted by Crippen LogP contribution is -2.37. The topological polar surface area (TPSA) is 85.8 Å². The van der Waals surface area contributed by atoms with Crippen molar-refractivity contribution in [3.8, 4) is 0 Å². The van der Waals surface area contributed by atoms with Gasteiger partial charge in [-0.15, -0.1) is 33.4 Å². The van der Waals surface area contributed by atoms with Crippen LogP contribution in [0.5, 0.6) is 0 Å². The maximum absolute atomic E-state index is 11.9. The van der Waals surface area contributed by atoms with E-state index in [1.165, 1.54) is 0 Å². The monoisotopic (exact) mass is 263 g/mol. The van der Waals surface area contributed by atoms with E-state index in [1.54, 1.807) is 14.0 Å². The molecule has 2 rings (SSSR count). The molecule has 0 saturated heterocycles. The molecule has 0 spiro atoms. The molecule has 1 aromatic rings. The van der Waals surface area contributed by atoms with Gasteiger partial charge in [0.2, 0.25) is 5.95 Å². The maximum Gasteiger partial charge on any atom is 0.296 e. The predicted octanol–water partition coefficient (Wildman–Crippen LogP) is 0.229. The highest BCUT2D eigenvalue weighted by atomic mass is 35.5. The average molecular weight is 264 g/mol. The molecule has 0 amide bonds. The van der Waals surface area contributed by atoms with Crippen molar-refractivity contribution in [2.45, 2.75) is 23.1 Å². The molecule has 88 valence electrons. The summed E-state index contributed by atoms with van der Waals surface area (Å²) in [6.45, 7) is 1.76. The van der Waals surface area contributed by atoms with Gasteiger partial charge in [0.15, 0.2) is 0 Å². The molecule has 1 fully saturated rings. The molecule has 1 aliphatic rings. The molecule has 16 heavy (non-hydrogen) atoms. The van der Waals surface area contributed by atoms with Crippen LogP contribution in [-0.4, -0.2) is 26.3 Å². The lowest BCUT2D eigenvalue weighted by atomic mass is 10.1. The van der Waals surface area contributed by atoms with Crippen LogP contribution in [0.25, 0.3) is 0 Å². The van der Waals surface area contributed by atoms with Gasteiger partial charge in [-0.2, -0.15) is 4.68 Å². The minimum Gasteiger partial charge on any atom is -0.356 e. The number of hydrogen-bond donors (Lipinski definition) is 2. The van der Waals surface area contributed by atoms with Gasteiger partial charge in [0, 0.05) is 7.05 Å². The van der Waals surface area contributed by atoms with Crippen molar-refractivity contribution in [2.24, 2.45) is 0 Å². The third kappa shape index (κ3) is 1.36. The molecule has 1 aromatic heterocycles. The second kappa shape index (κ2) is 3.24. The molecular weight excluding hydrogens is 253 g/mol. The Morgan fingerprint density at radius 1 is 1.50 bits per heavy atom. The number of aromatic nitrogens is 3. The molecule has 1 aliphatic carbocycles. The van der Waals surface area contributed by atoms with Gasteiger partial charge in [-0.3, -0.25) is 4.79 Å². The fraction of sp³-hybridized carbons (Fsp3) is 0.625. The Labute approximate surface area is 102 Å². The van der Waals surface area contributed by atoms with Crippen LogP contribution in [0, 0.1) is 0 Å². The Morgan fingerprint density at radius 3 is 2.50 bits per heavy atom. The average Bonchev–Trinajstić information content (AvgIpc) is 2.71. The quantitative estimate of drug-likeness (QED) is 0.590. The van der Waals surface area contributed by atoms with Crippen molar-refractivity contribution in [3.63, 3.8) is 0 Å². The van der Waals surface area contributed by atoms with E-state index in [9.17, 15) is 4.79 Å². The van der Waals surface area contributed by atoms with E-state index in [-0.39, 0.29) is 11.6 Å². The normalized spacial score (nSPS) is 26.5. The lowest BCUT2D eigenvalue weighted by Gasteiger charge is -2.12. The second-order valence-corrected chi connectivity index (χ2v) is 5.49. The fourth-order valence-electron chi connectivity index (χ4n) is 1.57. The molecular formula is C8H11Cl2N5O. The molecule has 6 nitrogen and oxygen atoms in total. The van der Waals surface area contributed by atoms with Gasteiger partial charge in [-0.1, -0.05) is 6.92 Å². The number of rotatable bonds is 2. The second-order valence-electron chi connectivity index (χ2n) is 4.01. The summed E-state index contributed by atoms with van der Waals surface area (Å²) in [6.07, 6.45) is 0.464. The zero-order valence-electron chi connectivity index (χ0n) is 8.79. The van der Waals surface area contributed by atoms with Gasteiger partial charge >= 0.3 is 0 Å². The van der Waals surface area contributed by atoms with E-state index in [1.807, 2.05) is 0 Å². The van der Waals surface area contributed by atoms with Crippen LogP contribution in [0.2, 0.25) is 0 Å². The van der Waals surface area contributed by atoms with E-state index in [4.69, 9.17) is 29.0 Å². The Balaban J connectivity index is 2.54. The Bertz CT molecular complexity index is 500. The van der Waals surface area contributed by atoms with Gasteiger partial charge in [0.1, 0.15) is 10.0 Å². The molecule has 8 heteroatoms. The fourth-order valence-corrected chi connectivity index (χ4v) is 2.29. The highest BCUT2D eigenvalue weighted by Gasteiger charge is 2.66. The summed E-state index contributed by atoms with van der Waals surface area (Å²) < 4.78 is -0.0647. The summed E-state index contributed by atoms with van der Waals surface area (Å²) in [5.41, 5.74) is -0.919. The number of anilines is 1. The molecule has 0 unspecified atom stereocenters. The van der Waals surface area contributed by atoms with E-state index < -0.39 is 15.3 Å². The molecule has 1 atom stereocenters. The van der Waals surface area contributed by atoms with Gasteiger partial charge in [-0.05, 0) is 6.42 Å². The minimum absolute atomic E-state index is 0.188. The third-order valence-electron chi connectivity index (χ3n) is 2.90. The summed E-state index contributed by atoms with van der Waals surface area (Å²) in [7, 11) is 1.60. The van der Waals surface area contributed by atoms with Crippen molar-refractivity contribution in [1.82, 2.24) is 14.9 Å². The van der Waals surface area contributed by atoms with Crippen LogP contribution < -0.4 is 16.7 Å². The van der Waals surface area contributed by atoms with Crippen molar-refractivity contribution in [1.29, 1.82) is 0 Å². The summed E-state index contributed by atoms with van der Waals surface area (Å²) >= 11 is 11.9.